The molecule has 7 nitrogen and oxygen atoms in total. The van der Waals surface area contributed by atoms with Crippen molar-refractivity contribution in [3.8, 4) is 17.0 Å². The molecule has 10 heteroatoms. The average Bonchev–Trinajstić information content (AvgIpc) is 3.23. The van der Waals surface area contributed by atoms with Crippen LogP contribution in [0.5, 0.6) is 5.75 Å². The summed E-state index contributed by atoms with van der Waals surface area (Å²) in [5, 5.41) is 0. The smallest absolute Gasteiger partial charge is 0.437 e. The van der Waals surface area contributed by atoms with Gasteiger partial charge in [0.25, 0.3) is 5.91 Å². The first kappa shape index (κ1) is 23.8. The number of halogens is 3. The molecular weight excluding hydrogens is 471 g/mol. The zero-order chi connectivity index (χ0) is 25.3. The highest BCUT2D eigenvalue weighted by molar-refractivity contribution is 5.94. The molecule has 1 aliphatic rings. The second-order valence-corrected chi connectivity index (χ2v) is 8.84. The van der Waals surface area contributed by atoms with E-state index in [9.17, 15) is 18.0 Å². The van der Waals surface area contributed by atoms with E-state index < -0.39 is 11.9 Å². The van der Waals surface area contributed by atoms with E-state index in [1.165, 1.54) is 18.3 Å². The first-order chi connectivity index (χ1) is 17.3. The lowest BCUT2D eigenvalue weighted by molar-refractivity contribution is -0.142. The number of piperidine rings is 1. The summed E-state index contributed by atoms with van der Waals surface area (Å²) in [6.45, 7) is 0.965. The van der Waals surface area contributed by atoms with E-state index in [1.54, 1.807) is 4.90 Å². The summed E-state index contributed by atoms with van der Waals surface area (Å²) in [5.41, 5.74) is 2.45. The lowest BCUT2D eigenvalue weighted by atomic mass is 9.98. The summed E-state index contributed by atoms with van der Waals surface area (Å²) in [7, 11) is 1.91. The minimum atomic E-state index is -4.60. The summed E-state index contributed by atoms with van der Waals surface area (Å²) >= 11 is 0. The van der Waals surface area contributed by atoms with E-state index in [0.29, 0.717) is 24.3 Å². The highest BCUT2D eigenvalue weighted by Crippen LogP contribution is 2.34. The molecule has 5 rings (SSSR count). The van der Waals surface area contributed by atoms with Gasteiger partial charge in [-0.05, 0) is 36.6 Å². The number of hydrogen-bond donors (Lipinski definition) is 0. The molecule has 0 saturated carbocycles. The van der Waals surface area contributed by atoms with Crippen LogP contribution in [0.25, 0.3) is 22.4 Å². The van der Waals surface area contributed by atoms with Crippen molar-refractivity contribution in [2.45, 2.75) is 19.0 Å². The summed E-state index contributed by atoms with van der Waals surface area (Å²) < 4.78 is 47.0. The van der Waals surface area contributed by atoms with E-state index in [0.717, 1.165) is 30.3 Å². The standard InChI is InChI=1S/C26H24F3N5O2/c1-33-21(18-8-3-2-4-9-18)13-19-24(33)31-14-20(32-19)25(35)34-12-6-7-17(15-34)16-36-22-10-5-11-30-23(22)26(27,28)29/h2-5,8-11,13-14,17H,6-7,12,15-16H2,1H3. The maximum atomic E-state index is 13.2. The predicted molar refractivity (Wildman–Crippen MR) is 127 cm³/mol. The molecule has 1 unspecified atom stereocenters. The number of ether oxygens (including phenoxy) is 1. The Hall–Kier alpha value is -3.95. The first-order valence-electron chi connectivity index (χ1n) is 11.6. The molecule has 4 aromatic rings. The number of carbonyl (C=O) groups is 1. The number of rotatable bonds is 5. The van der Waals surface area contributed by atoms with Gasteiger partial charge in [0.2, 0.25) is 0 Å². The lowest BCUT2D eigenvalue weighted by Gasteiger charge is -2.32. The molecule has 1 saturated heterocycles. The number of carbonyl (C=O) groups excluding carboxylic acids is 1. The molecule has 1 aromatic carbocycles. The molecule has 1 fully saturated rings. The van der Waals surface area contributed by atoms with Crippen LogP contribution >= 0.6 is 0 Å². The fourth-order valence-corrected chi connectivity index (χ4v) is 4.56. The minimum absolute atomic E-state index is 0.0579. The van der Waals surface area contributed by atoms with Crippen LogP contribution in [-0.2, 0) is 13.2 Å². The number of pyridine rings is 1. The number of alkyl halides is 3. The molecule has 1 amide bonds. The topological polar surface area (TPSA) is 73.1 Å². The third kappa shape index (κ3) is 4.75. The Morgan fingerprint density at radius 1 is 1.14 bits per heavy atom. The van der Waals surface area contributed by atoms with Gasteiger partial charge >= 0.3 is 6.18 Å². The number of hydrogen-bond acceptors (Lipinski definition) is 5. The molecular formula is C26H24F3N5O2. The van der Waals surface area contributed by atoms with Crippen molar-refractivity contribution >= 4 is 17.1 Å². The van der Waals surface area contributed by atoms with Crippen molar-refractivity contribution in [1.29, 1.82) is 0 Å². The number of aryl methyl sites for hydroxylation is 1. The van der Waals surface area contributed by atoms with Gasteiger partial charge < -0.3 is 14.2 Å². The summed E-state index contributed by atoms with van der Waals surface area (Å²) in [6.07, 6.45) is -0.567. The molecule has 0 N–H and O–H groups in total. The number of benzene rings is 1. The van der Waals surface area contributed by atoms with Crippen molar-refractivity contribution in [2.24, 2.45) is 13.0 Å². The lowest BCUT2D eigenvalue weighted by Crippen LogP contribution is -2.42. The Kier molecular flexibility index (Phi) is 6.34. The first-order valence-corrected chi connectivity index (χ1v) is 11.6. The molecule has 36 heavy (non-hydrogen) atoms. The van der Waals surface area contributed by atoms with Gasteiger partial charge in [-0.25, -0.2) is 15.0 Å². The highest BCUT2D eigenvalue weighted by atomic mass is 19.4. The van der Waals surface area contributed by atoms with Crippen molar-refractivity contribution in [1.82, 2.24) is 24.4 Å². The largest absolute Gasteiger partial charge is 0.491 e. The SMILES string of the molecule is Cn1c(-c2ccccc2)cc2nc(C(=O)N3CCCC(COc4cccnc4C(F)(F)F)C3)cnc21. The fourth-order valence-electron chi connectivity index (χ4n) is 4.56. The number of fused-ring (bicyclic) bond motifs is 1. The van der Waals surface area contributed by atoms with E-state index in [1.807, 2.05) is 48.0 Å². The average molecular weight is 496 g/mol. The number of likely N-dealkylation sites (tertiary alicyclic amines) is 1. The maximum Gasteiger partial charge on any atom is 0.437 e. The van der Waals surface area contributed by atoms with Gasteiger partial charge in [0.05, 0.1) is 18.5 Å². The normalized spacial score (nSPS) is 16.3. The van der Waals surface area contributed by atoms with Gasteiger partial charge in [-0.1, -0.05) is 30.3 Å². The third-order valence-corrected chi connectivity index (χ3v) is 6.34. The molecule has 1 atom stereocenters. The quantitative estimate of drug-likeness (QED) is 0.391. The zero-order valence-electron chi connectivity index (χ0n) is 19.6. The van der Waals surface area contributed by atoms with Crippen LogP contribution in [0.15, 0.2) is 60.9 Å². The fraction of sp³-hybridized carbons (Fsp3) is 0.308. The van der Waals surface area contributed by atoms with Crippen molar-refractivity contribution in [3.05, 3.63) is 72.3 Å². The van der Waals surface area contributed by atoms with Gasteiger partial charge in [0, 0.05) is 32.3 Å². The van der Waals surface area contributed by atoms with Crippen LogP contribution in [0.2, 0.25) is 0 Å². The van der Waals surface area contributed by atoms with Gasteiger partial charge in [-0.15, -0.1) is 0 Å². The van der Waals surface area contributed by atoms with Crippen LogP contribution in [0.4, 0.5) is 13.2 Å². The molecule has 1 aliphatic heterocycles. The maximum absolute atomic E-state index is 13.2. The summed E-state index contributed by atoms with van der Waals surface area (Å²) in [5.74, 6) is -0.665. The van der Waals surface area contributed by atoms with Crippen LogP contribution in [0.1, 0.15) is 29.0 Å². The Labute approximate surface area is 205 Å². The zero-order valence-corrected chi connectivity index (χ0v) is 19.6. The van der Waals surface area contributed by atoms with E-state index in [2.05, 4.69) is 15.0 Å². The molecule has 186 valence electrons. The summed E-state index contributed by atoms with van der Waals surface area (Å²) in [6, 6.07) is 14.4. The Bertz CT molecular complexity index is 1390. The van der Waals surface area contributed by atoms with E-state index in [-0.39, 0.29) is 29.9 Å². The Balaban J connectivity index is 1.29. The van der Waals surface area contributed by atoms with Crippen molar-refractivity contribution in [3.63, 3.8) is 0 Å². The summed E-state index contributed by atoms with van der Waals surface area (Å²) in [4.78, 5) is 27.4. The van der Waals surface area contributed by atoms with Crippen LogP contribution in [-0.4, -0.2) is 50.0 Å². The number of aromatic nitrogens is 4. The van der Waals surface area contributed by atoms with Gasteiger partial charge in [-0.3, -0.25) is 4.79 Å². The van der Waals surface area contributed by atoms with Crippen molar-refractivity contribution < 1.29 is 22.7 Å². The Morgan fingerprint density at radius 2 is 1.94 bits per heavy atom. The molecule has 4 heterocycles. The van der Waals surface area contributed by atoms with Gasteiger partial charge in [0.1, 0.15) is 17.0 Å². The highest BCUT2D eigenvalue weighted by Gasteiger charge is 2.36. The monoisotopic (exact) mass is 495 g/mol. The minimum Gasteiger partial charge on any atom is -0.491 e. The molecule has 0 bridgehead atoms. The molecule has 3 aromatic heterocycles. The predicted octanol–water partition coefficient (Wildman–Crippen LogP) is 4.98. The Morgan fingerprint density at radius 3 is 2.72 bits per heavy atom. The van der Waals surface area contributed by atoms with E-state index >= 15 is 0 Å². The van der Waals surface area contributed by atoms with Gasteiger partial charge in [-0.2, -0.15) is 13.2 Å². The van der Waals surface area contributed by atoms with Crippen LogP contribution < -0.4 is 4.74 Å². The second kappa shape index (κ2) is 9.60. The third-order valence-electron chi connectivity index (χ3n) is 6.34. The molecule has 0 aliphatic carbocycles. The van der Waals surface area contributed by atoms with Gasteiger partial charge in [0.15, 0.2) is 11.3 Å². The van der Waals surface area contributed by atoms with Crippen molar-refractivity contribution in [2.75, 3.05) is 19.7 Å². The molecule has 0 radical (unpaired) electrons. The molecule has 0 spiro atoms. The van der Waals surface area contributed by atoms with Crippen LogP contribution in [0.3, 0.4) is 0 Å². The van der Waals surface area contributed by atoms with E-state index in [4.69, 9.17) is 4.74 Å². The van der Waals surface area contributed by atoms with Crippen LogP contribution in [0, 0.1) is 5.92 Å². The second-order valence-electron chi connectivity index (χ2n) is 8.84. The number of amides is 1. The number of nitrogens with zero attached hydrogens (tertiary/aromatic N) is 5.